The molecule has 0 radical (unpaired) electrons. The molecule has 0 aliphatic rings. The highest BCUT2D eigenvalue weighted by molar-refractivity contribution is 5.81. The molecule has 0 bridgehead atoms. The monoisotopic (exact) mass is 343 g/mol. The average molecular weight is 343 g/mol. The summed E-state index contributed by atoms with van der Waals surface area (Å²) in [6.45, 7) is 0. The van der Waals surface area contributed by atoms with Gasteiger partial charge in [-0.2, -0.15) is 0 Å². The molecule has 0 fully saturated rings. The summed E-state index contributed by atoms with van der Waals surface area (Å²) in [5.74, 6) is 0. The number of aromatic nitrogens is 4. The van der Waals surface area contributed by atoms with Crippen molar-refractivity contribution in [3.05, 3.63) is 70.9 Å². The fourth-order valence-electron chi connectivity index (χ4n) is 2.61. The Labute approximate surface area is 138 Å². The molecule has 10 heteroatoms. The highest BCUT2D eigenvalue weighted by Gasteiger charge is 2.18. The molecule has 0 aliphatic heterocycles. The molecule has 0 aliphatic carbocycles. The first kappa shape index (κ1) is 16.2. The zero-order valence-corrected chi connectivity index (χ0v) is 13.3. The molecular formula is C15H13N5O5. The van der Waals surface area contributed by atoms with E-state index >= 15 is 0 Å². The highest BCUT2D eigenvalue weighted by atomic mass is 16.6. The van der Waals surface area contributed by atoms with Crippen LogP contribution >= 0.6 is 0 Å². The zero-order valence-electron chi connectivity index (χ0n) is 13.3. The van der Waals surface area contributed by atoms with Crippen molar-refractivity contribution in [1.29, 1.82) is 0 Å². The van der Waals surface area contributed by atoms with Crippen LogP contribution in [0.15, 0.2) is 32.6 Å². The number of rotatable bonds is 3. The number of aryl methyl sites for hydroxylation is 2. The predicted molar refractivity (Wildman–Crippen MR) is 91.4 cm³/mol. The largest absolute Gasteiger partial charge is 0.357 e. The molecule has 0 saturated heterocycles. The maximum atomic E-state index is 11.9. The van der Waals surface area contributed by atoms with Crippen molar-refractivity contribution in [3.63, 3.8) is 0 Å². The topological polar surface area (TPSA) is 136 Å². The molecule has 25 heavy (non-hydrogen) atoms. The van der Waals surface area contributed by atoms with Gasteiger partial charge in [0.2, 0.25) is 0 Å². The van der Waals surface area contributed by atoms with Gasteiger partial charge in [-0.1, -0.05) is 12.1 Å². The molecule has 0 atom stereocenters. The lowest BCUT2D eigenvalue weighted by molar-refractivity contribution is -0.386. The molecular weight excluding hydrogens is 330 g/mol. The SMILES string of the molecule is Cn1c(=O)n(C)c2cc(/C=C/c3[nH]c(=O)[nH]c(=O)c3[N+](=O)[O-])ccc21. The van der Waals surface area contributed by atoms with Gasteiger partial charge in [0.25, 0.3) is 0 Å². The second-order valence-corrected chi connectivity index (χ2v) is 5.41. The molecule has 1 aromatic carbocycles. The maximum Gasteiger partial charge on any atom is 0.357 e. The molecule has 3 rings (SSSR count). The van der Waals surface area contributed by atoms with E-state index < -0.39 is 21.9 Å². The summed E-state index contributed by atoms with van der Waals surface area (Å²) in [7, 11) is 3.29. The molecule has 0 saturated carbocycles. The van der Waals surface area contributed by atoms with Crippen LogP contribution in [0.5, 0.6) is 0 Å². The molecule has 128 valence electrons. The van der Waals surface area contributed by atoms with Crippen LogP contribution in [0.3, 0.4) is 0 Å². The van der Waals surface area contributed by atoms with Crippen LogP contribution in [0.2, 0.25) is 0 Å². The molecule has 2 aromatic heterocycles. The van der Waals surface area contributed by atoms with E-state index in [1.807, 2.05) is 4.98 Å². The Balaban J connectivity index is 2.12. The Morgan fingerprint density at radius 3 is 2.40 bits per heavy atom. The van der Waals surface area contributed by atoms with E-state index in [9.17, 15) is 24.5 Å². The number of imidazole rings is 1. The lowest BCUT2D eigenvalue weighted by Gasteiger charge is -1.99. The summed E-state index contributed by atoms with van der Waals surface area (Å²) in [6.07, 6.45) is 2.78. The van der Waals surface area contributed by atoms with Crippen LogP contribution in [-0.4, -0.2) is 24.0 Å². The highest BCUT2D eigenvalue weighted by Crippen LogP contribution is 2.17. The van der Waals surface area contributed by atoms with Gasteiger partial charge in [-0.05, 0) is 23.8 Å². The normalized spacial score (nSPS) is 11.4. The lowest BCUT2D eigenvalue weighted by Crippen LogP contribution is -2.25. The number of nitro groups is 1. The number of aromatic amines is 2. The van der Waals surface area contributed by atoms with Crippen molar-refractivity contribution in [3.8, 4) is 0 Å². The molecule has 10 nitrogen and oxygen atoms in total. The Bertz CT molecular complexity index is 1210. The van der Waals surface area contributed by atoms with E-state index in [0.29, 0.717) is 11.1 Å². The number of H-pyrrole nitrogens is 2. The quantitative estimate of drug-likeness (QED) is 0.522. The third-order valence-electron chi connectivity index (χ3n) is 3.87. The second-order valence-electron chi connectivity index (χ2n) is 5.41. The number of hydrogen-bond acceptors (Lipinski definition) is 5. The van der Waals surface area contributed by atoms with Crippen LogP contribution in [0.25, 0.3) is 23.2 Å². The van der Waals surface area contributed by atoms with Crippen molar-refractivity contribution in [2.45, 2.75) is 0 Å². The second kappa shape index (κ2) is 5.74. The van der Waals surface area contributed by atoms with Crippen molar-refractivity contribution in [2.75, 3.05) is 0 Å². The van der Waals surface area contributed by atoms with E-state index in [-0.39, 0.29) is 11.4 Å². The first-order valence-electron chi connectivity index (χ1n) is 7.14. The molecule has 0 unspecified atom stereocenters. The smallest absolute Gasteiger partial charge is 0.301 e. The summed E-state index contributed by atoms with van der Waals surface area (Å²) < 4.78 is 2.98. The van der Waals surface area contributed by atoms with Crippen molar-refractivity contribution < 1.29 is 4.92 Å². The summed E-state index contributed by atoms with van der Waals surface area (Å²) >= 11 is 0. The molecule has 2 N–H and O–H groups in total. The Kier molecular flexibility index (Phi) is 3.72. The fourth-order valence-corrected chi connectivity index (χ4v) is 2.61. The van der Waals surface area contributed by atoms with Gasteiger partial charge in [0.05, 0.1) is 16.0 Å². The van der Waals surface area contributed by atoms with Crippen LogP contribution in [0, 0.1) is 10.1 Å². The van der Waals surface area contributed by atoms with Crippen LogP contribution in [0.1, 0.15) is 11.3 Å². The van der Waals surface area contributed by atoms with Gasteiger partial charge < -0.3 is 4.98 Å². The predicted octanol–water partition coefficient (Wildman–Crippen LogP) is 0.332. The number of benzene rings is 1. The molecule has 0 spiro atoms. The maximum absolute atomic E-state index is 11.9. The van der Waals surface area contributed by atoms with Crippen molar-refractivity contribution in [1.82, 2.24) is 19.1 Å². The summed E-state index contributed by atoms with van der Waals surface area (Å²) in [5, 5.41) is 11.0. The van der Waals surface area contributed by atoms with Crippen LogP contribution in [0.4, 0.5) is 5.69 Å². The van der Waals surface area contributed by atoms with E-state index in [0.717, 1.165) is 5.52 Å². The van der Waals surface area contributed by atoms with Gasteiger partial charge in [0, 0.05) is 14.1 Å². The summed E-state index contributed by atoms with van der Waals surface area (Å²) in [4.78, 5) is 49.1. The fraction of sp³-hybridized carbons (Fsp3) is 0.133. The number of fused-ring (bicyclic) bond motifs is 1. The Morgan fingerprint density at radius 2 is 1.72 bits per heavy atom. The standard InChI is InChI=1S/C15H13N5O5/c1-18-10-6-4-8(7-11(10)19(2)15(18)23)3-5-9-12(20(24)25)13(21)17-14(22)16-9/h3-7H,1-2H3,(H2,16,17,21,22)/b5-3+. The number of hydrogen-bond donors (Lipinski definition) is 2. The third-order valence-corrected chi connectivity index (χ3v) is 3.87. The zero-order chi connectivity index (χ0) is 18.3. The first-order chi connectivity index (χ1) is 11.8. The summed E-state index contributed by atoms with van der Waals surface area (Å²) in [5.41, 5.74) is -0.978. The van der Waals surface area contributed by atoms with Crippen molar-refractivity contribution >= 4 is 28.9 Å². The number of nitrogens with zero attached hydrogens (tertiary/aromatic N) is 3. The molecule has 3 aromatic rings. The van der Waals surface area contributed by atoms with Gasteiger partial charge in [-0.25, -0.2) is 9.59 Å². The van der Waals surface area contributed by atoms with E-state index in [2.05, 4.69) is 4.98 Å². The van der Waals surface area contributed by atoms with Crippen molar-refractivity contribution in [2.24, 2.45) is 14.1 Å². The molecule has 0 amide bonds. The van der Waals surface area contributed by atoms with Gasteiger partial charge in [0.1, 0.15) is 5.69 Å². The van der Waals surface area contributed by atoms with Gasteiger partial charge in [-0.3, -0.25) is 29.0 Å². The van der Waals surface area contributed by atoms with E-state index in [4.69, 9.17) is 0 Å². The summed E-state index contributed by atoms with van der Waals surface area (Å²) in [6, 6.07) is 5.19. The minimum absolute atomic E-state index is 0.175. The Morgan fingerprint density at radius 1 is 1.04 bits per heavy atom. The average Bonchev–Trinajstić information content (AvgIpc) is 2.76. The minimum Gasteiger partial charge on any atom is -0.301 e. The van der Waals surface area contributed by atoms with E-state index in [1.54, 1.807) is 32.3 Å². The first-order valence-corrected chi connectivity index (χ1v) is 7.14. The minimum atomic E-state index is -1.07. The number of nitrogens with one attached hydrogen (secondary N) is 2. The van der Waals surface area contributed by atoms with Gasteiger partial charge in [0.15, 0.2) is 0 Å². The lowest BCUT2D eigenvalue weighted by atomic mass is 10.1. The van der Waals surface area contributed by atoms with E-state index in [1.165, 1.54) is 21.3 Å². The van der Waals surface area contributed by atoms with Crippen LogP contribution in [-0.2, 0) is 14.1 Å². The van der Waals surface area contributed by atoms with Gasteiger partial charge in [-0.15, -0.1) is 0 Å². The van der Waals surface area contributed by atoms with Gasteiger partial charge >= 0.3 is 22.6 Å². The third kappa shape index (κ3) is 2.69. The molecule has 2 heterocycles. The Hall–Kier alpha value is -3.69. The van der Waals surface area contributed by atoms with Crippen LogP contribution < -0.4 is 16.9 Å².